The zero-order chi connectivity index (χ0) is 16.9. The summed E-state index contributed by atoms with van der Waals surface area (Å²) < 4.78 is 13.2. The van der Waals surface area contributed by atoms with Crippen molar-refractivity contribution in [3.05, 3.63) is 66.7 Å². The number of aromatic nitrogens is 2. The molecule has 1 heterocycles. The van der Waals surface area contributed by atoms with Gasteiger partial charge < -0.3 is 15.5 Å². The molecule has 0 saturated carbocycles. The monoisotopic (exact) mass is 323 g/mol. The van der Waals surface area contributed by atoms with Crippen molar-refractivity contribution in [1.29, 1.82) is 0 Å². The number of hydrogen-bond acceptors (Lipinski definition) is 5. The lowest BCUT2D eigenvalue weighted by Crippen LogP contribution is -2.08. The molecule has 0 bridgehead atoms. The molecule has 2 aromatic carbocycles. The van der Waals surface area contributed by atoms with Gasteiger partial charge in [-0.1, -0.05) is 6.07 Å². The molecule has 24 heavy (non-hydrogen) atoms. The number of nitrogens with zero attached hydrogens (tertiary/aromatic N) is 3. The third kappa shape index (κ3) is 3.98. The fourth-order valence-corrected chi connectivity index (χ4v) is 2.20. The molecule has 0 radical (unpaired) electrons. The average Bonchev–Trinajstić information content (AvgIpc) is 2.56. The van der Waals surface area contributed by atoms with Crippen molar-refractivity contribution in [1.82, 2.24) is 9.97 Å². The summed E-state index contributed by atoms with van der Waals surface area (Å²) in [4.78, 5) is 10.4. The molecule has 122 valence electrons. The van der Waals surface area contributed by atoms with Gasteiger partial charge in [0.05, 0.1) is 0 Å². The van der Waals surface area contributed by atoms with Crippen LogP contribution in [0.1, 0.15) is 0 Å². The summed E-state index contributed by atoms with van der Waals surface area (Å²) in [6.45, 7) is 0. The van der Waals surface area contributed by atoms with Crippen LogP contribution in [-0.2, 0) is 0 Å². The minimum absolute atomic E-state index is 0.298. The molecule has 5 nitrogen and oxygen atoms in total. The van der Waals surface area contributed by atoms with E-state index in [2.05, 4.69) is 20.6 Å². The van der Waals surface area contributed by atoms with Gasteiger partial charge in [0.1, 0.15) is 23.8 Å². The van der Waals surface area contributed by atoms with Gasteiger partial charge in [-0.25, -0.2) is 14.4 Å². The maximum Gasteiger partial charge on any atom is 0.135 e. The maximum atomic E-state index is 13.2. The lowest BCUT2D eigenvalue weighted by molar-refractivity contribution is 0.628. The second kappa shape index (κ2) is 6.95. The second-order valence-corrected chi connectivity index (χ2v) is 5.49. The molecule has 0 atom stereocenters. The Bertz CT molecular complexity index is 818. The van der Waals surface area contributed by atoms with E-state index in [0.717, 1.165) is 11.4 Å². The van der Waals surface area contributed by atoms with Gasteiger partial charge in [0.15, 0.2) is 0 Å². The lowest BCUT2D eigenvalue weighted by Gasteiger charge is -2.13. The van der Waals surface area contributed by atoms with Gasteiger partial charge in [-0.15, -0.1) is 0 Å². The zero-order valence-corrected chi connectivity index (χ0v) is 13.5. The average molecular weight is 323 g/mol. The van der Waals surface area contributed by atoms with Crippen molar-refractivity contribution < 1.29 is 4.39 Å². The van der Waals surface area contributed by atoms with Gasteiger partial charge in [0, 0.05) is 37.2 Å². The SMILES string of the molecule is CN(C)c1ccc(Nc2cc(Nc3cccc(F)c3)ncn2)cc1. The molecular weight excluding hydrogens is 305 g/mol. The Labute approximate surface area is 140 Å². The number of benzene rings is 2. The van der Waals surface area contributed by atoms with Gasteiger partial charge >= 0.3 is 0 Å². The Morgan fingerprint density at radius 3 is 2.12 bits per heavy atom. The molecule has 0 aliphatic heterocycles. The molecule has 0 aliphatic rings. The van der Waals surface area contributed by atoms with Gasteiger partial charge in [-0.2, -0.15) is 0 Å². The Balaban J connectivity index is 1.73. The summed E-state index contributed by atoms with van der Waals surface area (Å²) >= 11 is 0. The maximum absolute atomic E-state index is 13.2. The topological polar surface area (TPSA) is 53.1 Å². The van der Waals surface area contributed by atoms with Crippen molar-refractivity contribution in [2.75, 3.05) is 29.6 Å². The van der Waals surface area contributed by atoms with Crippen LogP contribution in [0.4, 0.5) is 33.1 Å². The van der Waals surface area contributed by atoms with Gasteiger partial charge in [-0.3, -0.25) is 0 Å². The summed E-state index contributed by atoms with van der Waals surface area (Å²) in [5.41, 5.74) is 2.68. The summed E-state index contributed by atoms with van der Waals surface area (Å²) in [6, 6.07) is 16.0. The van der Waals surface area contributed by atoms with E-state index in [4.69, 9.17) is 0 Å². The predicted molar refractivity (Wildman–Crippen MR) is 95.8 cm³/mol. The molecule has 3 rings (SSSR count). The van der Waals surface area contributed by atoms with E-state index in [9.17, 15) is 4.39 Å². The first-order valence-electron chi connectivity index (χ1n) is 7.49. The summed E-state index contributed by atoms with van der Waals surface area (Å²) in [5.74, 6) is 0.943. The van der Waals surface area contributed by atoms with Crippen molar-refractivity contribution in [3.63, 3.8) is 0 Å². The van der Waals surface area contributed by atoms with E-state index < -0.39 is 0 Å². The predicted octanol–water partition coefficient (Wildman–Crippen LogP) is 4.17. The Morgan fingerprint density at radius 2 is 1.50 bits per heavy atom. The third-order valence-corrected chi connectivity index (χ3v) is 3.42. The molecule has 0 amide bonds. The van der Waals surface area contributed by atoms with E-state index in [-0.39, 0.29) is 5.82 Å². The normalized spacial score (nSPS) is 10.3. The molecule has 0 spiro atoms. The molecule has 0 fully saturated rings. The highest BCUT2D eigenvalue weighted by Gasteiger charge is 2.02. The second-order valence-electron chi connectivity index (χ2n) is 5.49. The van der Waals surface area contributed by atoms with Crippen molar-refractivity contribution in [2.24, 2.45) is 0 Å². The van der Waals surface area contributed by atoms with E-state index >= 15 is 0 Å². The fourth-order valence-electron chi connectivity index (χ4n) is 2.20. The van der Waals surface area contributed by atoms with Crippen LogP contribution in [0.5, 0.6) is 0 Å². The first kappa shape index (κ1) is 15.7. The minimum Gasteiger partial charge on any atom is -0.378 e. The molecule has 2 N–H and O–H groups in total. The molecule has 0 aliphatic carbocycles. The van der Waals surface area contributed by atoms with Crippen LogP contribution >= 0.6 is 0 Å². The summed E-state index contributed by atoms with van der Waals surface area (Å²) in [7, 11) is 3.99. The lowest BCUT2D eigenvalue weighted by atomic mass is 10.2. The Kier molecular flexibility index (Phi) is 4.56. The smallest absolute Gasteiger partial charge is 0.135 e. The molecule has 3 aromatic rings. The van der Waals surface area contributed by atoms with Crippen LogP contribution in [0.2, 0.25) is 0 Å². The van der Waals surface area contributed by atoms with Crippen LogP contribution in [0.15, 0.2) is 60.9 Å². The standard InChI is InChI=1S/C18H18FN5/c1-24(2)16-8-6-14(7-9-16)22-17-11-18(21-12-20-17)23-15-5-3-4-13(19)10-15/h3-12H,1-2H3,(H2,20,21,22,23). The highest BCUT2D eigenvalue weighted by atomic mass is 19.1. The quantitative estimate of drug-likeness (QED) is 0.738. The summed E-state index contributed by atoms with van der Waals surface area (Å²) in [6.07, 6.45) is 1.46. The van der Waals surface area contributed by atoms with E-state index in [0.29, 0.717) is 17.3 Å². The fraction of sp³-hybridized carbons (Fsp3) is 0.111. The van der Waals surface area contributed by atoms with E-state index in [1.54, 1.807) is 18.2 Å². The number of halogens is 1. The van der Waals surface area contributed by atoms with Gasteiger partial charge in [0.2, 0.25) is 0 Å². The van der Waals surface area contributed by atoms with E-state index in [1.165, 1.54) is 18.5 Å². The number of nitrogens with one attached hydrogen (secondary N) is 2. The Hall–Kier alpha value is -3.15. The largest absolute Gasteiger partial charge is 0.378 e. The van der Waals surface area contributed by atoms with Crippen LogP contribution in [0, 0.1) is 5.82 Å². The number of anilines is 5. The first-order chi connectivity index (χ1) is 11.6. The van der Waals surface area contributed by atoms with Crippen molar-refractivity contribution in [2.45, 2.75) is 0 Å². The number of hydrogen-bond donors (Lipinski definition) is 2. The summed E-state index contributed by atoms with van der Waals surface area (Å²) in [5, 5.41) is 6.28. The first-order valence-corrected chi connectivity index (χ1v) is 7.49. The van der Waals surface area contributed by atoms with E-state index in [1.807, 2.05) is 43.3 Å². The molecular formula is C18H18FN5. The molecule has 0 unspecified atom stereocenters. The van der Waals surface area contributed by atoms with Crippen molar-refractivity contribution >= 4 is 28.7 Å². The molecule has 1 aromatic heterocycles. The third-order valence-electron chi connectivity index (χ3n) is 3.42. The van der Waals surface area contributed by atoms with Crippen LogP contribution in [0.3, 0.4) is 0 Å². The van der Waals surface area contributed by atoms with Crippen LogP contribution in [-0.4, -0.2) is 24.1 Å². The highest BCUT2D eigenvalue weighted by molar-refractivity contribution is 5.64. The van der Waals surface area contributed by atoms with Crippen LogP contribution in [0.25, 0.3) is 0 Å². The highest BCUT2D eigenvalue weighted by Crippen LogP contribution is 2.21. The zero-order valence-electron chi connectivity index (χ0n) is 13.5. The van der Waals surface area contributed by atoms with Gasteiger partial charge in [0.25, 0.3) is 0 Å². The number of rotatable bonds is 5. The van der Waals surface area contributed by atoms with Gasteiger partial charge in [-0.05, 0) is 42.5 Å². The Morgan fingerprint density at radius 1 is 0.833 bits per heavy atom. The van der Waals surface area contributed by atoms with Crippen molar-refractivity contribution in [3.8, 4) is 0 Å². The minimum atomic E-state index is -0.298. The molecule has 0 saturated heterocycles. The van der Waals surface area contributed by atoms with Crippen LogP contribution < -0.4 is 15.5 Å². The molecule has 6 heteroatoms.